The molecule has 2 heterocycles. The van der Waals surface area contributed by atoms with Crippen molar-refractivity contribution in [2.45, 2.75) is 23.8 Å². The molecule has 1 unspecified atom stereocenters. The third-order valence-electron chi connectivity index (χ3n) is 6.39. The molecule has 2 aromatic heterocycles. The molecule has 0 saturated carbocycles. The molecular formula is C30H26F3N5O5S. The van der Waals surface area contributed by atoms with E-state index in [2.05, 4.69) is 29.9 Å². The topological polar surface area (TPSA) is 139 Å². The minimum Gasteiger partial charge on any atom is -0.406 e. The second-order valence-corrected chi connectivity index (χ2v) is 11.3. The Balaban J connectivity index is 1.14. The van der Waals surface area contributed by atoms with E-state index in [-0.39, 0.29) is 22.4 Å². The van der Waals surface area contributed by atoms with Gasteiger partial charge in [0.05, 0.1) is 11.0 Å². The number of ether oxygens (including phenoxy) is 1. The normalized spacial score (nSPS) is 12.5. The first-order valence-electron chi connectivity index (χ1n) is 13.3. The summed E-state index contributed by atoms with van der Waals surface area (Å²) in [4.78, 5) is 8.26. The highest BCUT2D eigenvalue weighted by Gasteiger charge is 2.31. The number of nitrogens with zero attached hydrogens (tertiary/aromatic N) is 3. The second-order valence-electron chi connectivity index (χ2n) is 9.58. The molecule has 0 radical (unpaired) electrons. The Kier molecular flexibility index (Phi) is 9.23. The first-order valence-corrected chi connectivity index (χ1v) is 14.7. The number of hydrogen-bond acceptors (Lipinski definition) is 9. The van der Waals surface area contributed by atoms with E-state index in [1.165, 1.54) is 36.4 Å². The summed E-state index contributed by atoms with van der Waals surface area (Å²) in [5.41, 5.74) is 2.98. The Labute approximate surface area is 250 Å². The number of rotatable bonds is 12. The van der Waals surface area contributed by atoms with E-state index in [9.17, 15) is 26.7 Å². The van der Waals surface area contributed by atoms with Gasteiger partial charge in [-0.1, -0.05) is 23.4 Å². The molecule has 0 fully saturated rings. The van der Waals surface area contributed by atoms with Gasteiger partial charge < -0.3 is 19.7 Å². The van der Waals surface area contributed by atoms with Gasteiger partial charge in [-0.05, 0) is 85.3 Å². The van der Waals surface area contributed by atoms with E-state index in [1.807, 2.05) is 18.2 Å². The van der Waals surface area contributed by atoms with E-state index >= 15 is 0 Å². The first kappa shape index (κ1) is 30.7. The van der Waals surface area contributed by atoms with Crippen molar-refractivity contribution in [2.75, 3.05) is 17.8 Å². The van der Waals surface area contributed by atoms with Crippen LogP contribution < -0.4 is 14.8 Å². The highest BCUT2D eigenvalue weighted by Crippen LogP contribution is 2.28. The number of nitrogens with one attached hydrogen (secondary N) is 2. The third kappa shape index (κ3) is 8.18. The number of pyridine rings is 1. The standard InChI is InChI=1S/C30H26F3N5O5S/c31-30(32,33)42-25-11-5-22(6-12-25)29-36-28(37-43-29)21-7-13-26(14-8-21)44(40,41)38-24-9-3-20(4-10-24)15-17-35-19-27(39)23-2-1-16-34-18-23/h1-14,16,18,27,35,38-39H,15,17,19H2. The summed E-state index contributed by atoms with van der Waals surface area (Å²) >= 11 is 0. The number of halogens is 3. The van der Waals surface area contributed by atoms with Gasteiger partial charge in [0.15, 0.2) is 0 Å². The molecule has 0 spiro atoms. The van der Waals surface area contributed by atoms with Crippen LogP contribution in [0.5, 0.6) is 5.75 Å². The molecule has 0 aliphatic heterocycles. The Bertz CT molecular complexity index is 1770. The molecular weight excluding hydrogens is 599 g/mol. The highest BCUT2D eigenvalue weighted by molar-refractivity contribution is 7.92. The Morgan fingerprint density at radius 1 is 0.932 bits per heavy atom. The van der Waals surface area contributed by atoms with Crippen molar-refractivity contribution in [3.8, 4) is 28.6 Å². The maximum absolute atomic E-state index is 12.9. The van der Waals surface area contributed by atoms with Crippen LogP contribution >= 0.6 is 0 Å². The van der Waals surface area contributed by atoms with Gasteiger partial charge in [0.2, 0.25) is 5.82 Å². The maximum atomic E-state index is 12.9. The lowest BCUT2D eigenvalue weighted by Crippen LogP contribution is -2.23. The summed E-state index contributed by atoms with van der Waals surface area (Å²) in [5.74, 6) is -0.146. The van der Waals surface area contributed by atoms with Crippen molar-refractivity contribution < 1.29 is 36.0 Å². The molecule has 3 N–H and O–H groups in total. The molecule has 0 amide bonds. The average molecular weight is 626 g/mol. The van der Waals surface area contributed by atoms with Crippen LogP contribution in [-0.2, 0) is 16.4 Å². The van der Waals surface area contributed by atoms with Gasteiger partial charge in [0.25, 0.3) is 15.9 Å². The molecule has 0 aliphatic carbocycles. The van der Waals surface area contributed by atoms with Crippen LogP contribution in [0.1, 0.15) is 17.2 Å². The lowest BCUT2D eigenvalue weighted by atomic mass is 10.1. The van der Waals surface area contributed by atoms with Crippen molar-refractivity contribution in [3.05, 3.63) is 108 Å². The van der Waals surface area contributed by atoms with Crippen molar-refractivity contribution in [3.63, 3.8) is 0 Å². The lowest BCUT2D eigenvalue weighted by molar-refractivity contribution is -0.274. The number of alkyl halides is 3. The smallest absolute Gasteiger partial charge is 0.406 e. The number of hydrogen-bond donors (Lipinski definition) is 3. The maximum Gasteiger partial charge on any atom is 0.573 e. The minimum absolute atomic E-state index is 0.0191. The van der Waals surface area contributed by atoms with Crippen molar-refractivity contribution >= 4 is 15.7 Å². The molecule has 228 valence electrons. The average Bonchev–Trinajstić information content (AvgIpc) is 3.50. The number of aliphatic hydroxyl groups excluding tert-OH is 1. The zero-order valence-corrected chi connectivity index (χ0v) is 23.7. The van der Waals surface area contributed by atoms with Crippen LogP contribution in [0.3, 0.4) is 0 Å². The minimum atomic E-state index is -4.80. The Morgan fingerprint density at radius 2 is 1.64 bits per heavy atom. The van der Waals surface area contributed by atoms with Gasteiger partial charge >= 0.3 is 6.36 Å². The second kappa shape index (κ2) is 13.2. The lowest BCUT2D eigenvalue weighted by Gasteiger charge is -2.12. The number of aliphatic hydroxyl groups is 1. The zero-order valence-electron chi connectivity index (χ0n) is 22.9. The van der Waals surface area contributed by atoms with Gasteiger partial charge in [0.1, 0.15) is 5.75 Å². The third-order valence-corrected chi connectivity index (χ3v) is 7.78. The Morgan fingerprint density at radius 3 is 2.30 bits per heavy atom. The first-order chi connectivity index (χ1) is 21.1. The molecule has 5 aromatic rings. The molecule has 3 aromatic carbocycles. The van der Waals surface area contributed by atoms with Crippen LogP contribution in [0.15, 0.2) is 107 Å². The summed E-state index contributed by atoms with van der Waals surface area (Å²) in [6, 6.07) is 21.4. The van der Waals surface area contributed by atoms with Crippen molar-refractivity contribution in [2.24, 2.45) is 0 Å². The van der Waals surface area contributed by atoms with Gasteiger partial charge in [0, 0.05) is 41.3 Å². The number of anilines is 1. The van der Waals surface area contributed by atoms with Crippen molar-refractivity contribution in [1.29, 1.82) is 0 Å². The quantitative estimate of drug-likeness (QED) is 0.156. The monoisotopic (exact) mass is 625 g/mol. The van der Waals surface area contributed by atoms with Crippen LogP contribution in [0.2, 0.25) is 0 Å². The summed E-state index contributed by atoms with van der Waals surface area (Å²) in [6.07, 6.45) is -1.50. The highest BCUT2D eigenvalue weighted by atomic mass is 32.2. The Hall–Kier alpha value is -4.79. The fourth-order valence-electron chi connectivity index (χ4n) is 4.16. The predicted octanol–water partition coefficient (Wildman–Crippen LogP) is 5.36. The molecule has 10 nitrogen and oxygen atoms in total. The SMILES string of the molecule is O=S(=O)(Nc1ccc(CCNCC(O)c2cccnc2)cc1)c1ccc(-c2noc(-c3ccc(OC(F)(F)F)cc3)n2)cc1. The van der Waals surface area contributed by atoms with Crippen molar-refractivity contribution in [1.82, 2.24) is 20.4 Å². The van der Waals surface area contributed by atoms with Crippen LogP contribution in [-0.4, -0.2) is 48.1 Å². The van der Waals surface area contributed by atoms with Gasteiger partial charge in [-0.2, -0.15) is 4.98 Å². The summed E-state index contributed by atoms with van der Waals surface area (Å²) in [5, 5.41) is 17.3. The number of aromatic nitrogens is 3. The van der Waals surface area contributed by atoms with E-state index in [1.54, 1.807) is 30.6 Å². The fraction of sp³-hybridized carbons (Fsp3) is 0.167. The largest absolute Gasteiger partial charge is 0.573 e. The van der Waals surface area contributed by atoms with E-state index in [0.29, 0.717) is 36.3 Å². The molecule has 1 atom stereocenters. The molecule has 14 heteroatoms. The van der Waals surface area contributed by atoms with E-state index in [0.717, 1.165) is 23.3 Å². The summed E-state index contributed by atoms with van der Waals surface area (Å²) in [6.45, 7) is 1.01. The van der Waals surface area contributed by atoms with E-state index < -0.39 is 22.5 Å². The molecule has 0 saturated heterocycles. The molecule has 0 aliphatic rings. The predicted molar refractivity (Wildman–Crippen MR) is 155 cm³/mol. The van der Waals surface area contributed by atoms with Crippen LogP contribution in [0.25, 0.3) is 22.8 Å². The summed E-state index contributed by atoms with van der Waals surface area (Å²) in [7, 11) is -3.89. The van der Waals surface area contributed by atoms with Gasteiger partial charge in [-0.3, -0.25) is 9.71 Å². The van der Waals surface area contributed by atoms with Gasteiger partial charge in [-0.25, -0.2) is 8.42 Å². The number of benzene rings is 3. The fourth-order valence-corrected chi connectivity index (χ4v) is 5.21. The van der Waals surface area contributed by atoms with E-state index in [4.69, 9.17) is 4.52 Å². The van der Waals surface area contributed by atoms with Crippen LogP contribution in [0, 0.1) is 0 Å². The van der Waals surface area contributed by atoms with Gasteiger partial charge in [-0.15, -0.1) is 13.2 Å². The molecule has 0 bridgehead atoms. The molecule has 5 rings (SSSR count). The summed E-state index contributed by atoms with van der Waals surface area (Å²) < 4.78 is 74.6. The zero-order chi connectivity index (χ0) is 31.2. The van der Waals surface area contributed by atoms with Crippen LogP contribution in [0.4, 0.5) is 18.9 Å². The molecule has 44 heavy (non-hydrogen) atoms. The number of sulfonamides is 1.